The molecule has 0 aliphatic carbocycles. The number of H-pyrrole nitrogens is 1. The number of nitrogens with one attached hydrogen (secondary N) is 1. The summed E-state index contributed by atoms with van der Waals surface area (Å²) >= 11 is 5.12. The van der Waals surface area contributed by atoms with E-state index in [4.69, 9.17) is 12.2 Å². The van der Waals surface area contributed by atoms with Crippen LogP contribution in [-0.4, -0.2) is 15.7 Å². The SMILES string of the molecule is Cc1cccc2[nH]c(=S)n(C(C)CC(F)(F)F)c12. The van der Waals surface area contributed by atoms with E-state index < -0.39 is 18.6 Å². The topological polar surface area (TPSA) is 20.7 Å². The summed E-state index contributed by atoms with van der Waals surface area (Å²) in [6, 6.07) is 4.81. The molecule has 0 spiro atoms. The van der Waals surface area contributed by atoms with E-state index in [2.05, 4.69) is 4.98 Å². The monoisotopic (exact) mass is 274 g/mol. The summed E-state index contributed by atoms with van der Waals surface area (Å²) in [5.41, 5.74) is 2.43. The standard InChI is InChI=1S/C12H13F3N2S/c1-7-4-3-5-9-10(7)17(11(18)16-9)8(2)6-12(13,14)15/h3-5,8H,6H2,1-2H3,(H,16,18). The molecule has 2 nitrogen and oxygen atoms in total. The first-order valence-corrected chi connectivity index (χ1v) is 5.97. The maximum Gasteiger partial charge on any atom is 0.391 e. The molecule has 0 aliphatic rings. The largest absolute Gasteiger partial charge is 0.391 e. The van der Waals surface area contributed by atoms with Crippen LogP contribution in [0.15, 0.2) is 18.2 Å². The zero-order valence-electron chi connectivity index (χ0n) is 10.0. The number of benzene rings is 1. The number of hydrogen-bond acceptors (Lipinski definition) is 1. The molecule has 0 saturated heterocycles. The summed E-state index contributed by atoms with van der Waals surface area (Å²) in [5.74, 6) is 0. The fourth-order valence-corrected chi connectivity index (χ4v) is 2.58. The smallest absolute Gasteiger partial charge is 0.331 e. The Morgan fingerprint density at radius 2 is 2.06 bits per heavy atom. The summed E-state index contributed by atoms with van der Waals surface area (Å²) in [6.07, 6.45) is -5.08. The molecule has 1 heterocycles. The fourth-order valence-electron chi connectivity index (χ4n) is 2.20. The van der Waals surface area contributed by atoms with Crippen molar-refractivity contribution in [1.82, 2.24) is 9.55 Å². The number of fused-ring (bicyclic) bond motifs is 1. The molecule has 18 heavy (non-hydrogen) atoms. The van der Waals surface area contributed by atoms with Gasteiger partial charge in [0.1, 0.15) is 0 Å². The van der Waals surface area contributed by atoms with E-state index >= 15 is 0 Å². The number of aryl methyl sites for hydroxylation is 1. The predicted molar refractivity (Wildman–Crippen MR) is 67.2 cm³/mol. The van der Waals surface area contributed by atoms with E-state index in [0.29, 0.717) is 4.77 Å². The molecule has 1 aromatic heterocycles. The first-order valence-electron chi connectivity index (χ1n) is 5.56. The van der Waals surface area contributed by atoms with Gasteiger partial charge in [-0.2, -0.15) is 13.2 Å². The van der Waals surface area contributed by atoms with Gasteiger partial charge >= 0.3 is 6.18 Å². The number of para-hydroxylation sites is 1. The quantitative estimate of drug-likeness (QED) is 0.798. The van der Waals surface area contributed by atoms with E-state index in [0.717, 1.165) is 16.6 Å². The number of alkyl halides is 3. The second-order valence-electron chi connectivity index (χ2n) is 4.44. The summed E-state index contributed by atoms with van der Waals surface area (Å²) < 4.78 is 39.3. The van der Waals surface area contributed by atoms with Gasteiger partial charge in [-0.1, -0.05) is 12.1 Å². The van der Waals surface area contributed by atoms with Crippen LogP contribution in [0.25, 0.3) is 11.0 Å². The minimum absolute atomic E-state index is 0.330. The summed E-state index contributed by atoms with van der Waals surface area (Å²) in [5, 5.41) is 0. The lowest BCUT2D eigenvalue weighted by atomic mass is 10.1. The van der Waals surface area contributed by atoms with Crippen LogP contribution in [0.5, 0.6) is 0 Å². The zero-order valence-corrected chi connectivity index (χ0v) is 10.8. The van der Waals surface area contributed by atoms with Gasteiger partial charge in [-0.15, -0.1) is 0 Å². The van der Waals surface area contributed by atoms with Gasteiger partial charge in [0, 0.05) is 6.04 Å². The Hall–Kier alpha value is -1.30. The van der Waals surface area contributed by atoms with Crippen LogP contribution in [0.2, 0.25) is 0 Å². The third kappa shape index (κ3) is 2.43. The van der Waals surface area contributed by atoms with Crippen molar-refractivity contribution in [3.05, 3.63) is 28.5 Å². The Morgan fingerprint density at radius 3 is 2.67 bits per heavy atom. The van der Waals surface area contributed by atoms with E-state index in [-0.39, 0.29) is 0 Å². The molecule has 0 bridgehead atoms. The van der Waals surface area contributed by atoms with Crippen molar-refractivity contribution in [2.24, 2.45) is 0 Å². The molecule has 2 rings (SSSR count). The summed E-state index contributed by atoms with van der Waals surface area (Å²) in [4.78, 5) is 2.94. The highest BCUT2D eigenvalue weighted by molar-refractivity contribution is 7.71. The van der Waals surface area contributed by atoms with Crippen LogP contribution < -0.4 is 0 Å². The van der Waals surface area contributed by atoms with Crippen LogP contribution in [0.3, 0.4) is 0 Å². The van der Waals surface area contributed by atoms with E-state index in [1.807, 2.05) is 25.1 Å². The van der Waals surface area contributed by atoms with Crippen molar-refractivity contribution in [3.8, 4) is 0 Å². The summed E-state index contributed by atoms with van der Waals surface area (Å²) in [7, 11) is 0. The van der Waals surface area contributed by atoms with Crippen molar-refractivity contribution < 1.29 is 13.2 Å². The molecule has 0 aliphatic heterocycles. The minimum atomic E-state index is -4.19. The van der Waals surface area contributed by atoms with Gasteiger partial charge in [-0.3, -0.25) is 0 Å². The van der Waals surface area contributed by atoms with Crippen molar-refractivity contribution in [2.75, 3.05) is 0 Å². The molecule has 6 heteroatoms. The number of rotatable bonds is 2. The highest BCUT2D eigenvalue weighted by Gasteiger charge is 2.31. The lowest BCUT2D eigenvalue weighted by molar-refractivity contribution is -0.141. The van der Waals surface area contributed by atoms with Crippen molar-refractivity contribution >= 4 is 23.3 Å². The predicted octanol–water partition coefficient (Wildman–Crippen LogP) is 4.52. The Balaban J connectivity index is 2.57. The average Bonchev–Trinajstić information content (AvgIpc) is 2.53. The number of aromatic nitrogens is 2. The normalized spacial score (nSPS) is 14.1. The van der Waals surface area contributed by atoms with Gasteiger partial charge in [0.05, 0.1) is 17.5 Å². The molecule has 2 aromatic rings. The van der Waals surface area contributed by atoms with Gasteiger partial charge in [0.2, 0.25) is 0 Å². The van der Waals surface area contributed by atoms with Crippen LogP contribution in [0.4, 0.5) is 13.2 Å². The lowest BCUT2D eigenvalue weighted by Crippen LogP contribution is -2.16. The molecule has 1 atom stereocenters. The maximum absolute atomic E-state index is 12.5. The van der Waals surface area contributed by atoms with E-state index in [1.54, 1.807) is 4.57 Å². The van der Waals surface area contributed by atoms with Crippen LogP contribution in [-0.2, 0) is 0 Å². The second-order valence-corrected chi connectivity index (χ2v) is 4.83. The Labute approximate surface area is 107 Å². The highest BCUT2D eigenvalue weighted by atomic mass is 32.1. The number of halogens is 3. The Bertz CT molecular complexity index is 624. The van der Waals surface area contributed by atoms with Crippen LogP contribution in [0, 0.1) is 11.7 Å². The Kier molecular flexibility index (Phi) is 3.23. The molecular formula is C12H13F3N2S. The molecular weight excluding hydrogens is 261 g/mol. The first kappa shape index (κ1) is 13.1. The molecule has 0 fully saturated rings. The summed E-state index contributed by atoms with van der Waals surface area (Å²) in [6.45, 7) is 3.39. The molecule has 0 radical (unpaired) electrons. The third-order valence-corrected chi connectivity index (χ3v) is 3.21. The number of imidazole rings is 1. The van der Waals surface area contributed by atoms with E-state index in [1.165, 1.54) is 6.92 Å². The maximum atomic E-state index is 12.5. The highest BCUT2D eigenvalue weighted by Crippen LogP contribution is 2.30. The number of aromatic amines is 1. The van der Waals surface area contributed by atoms with Gasteiger partial charge < -0.3 is 9.55 Å². The van der Waals surface area contributed by atoms with Crippen molar-refractivity contribution in [2.45, 2.75) is 32.5 Å². The van der Waals surface area contributed by atoms with E-state index in [9.17, 15) is 13.2 Å². The molecule has 1 N–H and O–H groups in total. The molecule has 98 valence electrons. The van der Waals surface area contributed by atoms with Gasteiger partial charge in [0.15, 0.2) is 4.77 Å². The zero-order chi connectivity index (χ0) is 13.5. The van der Waals surface area contributed by atoms with Crippen molar-refractivity contribution in [1.29, 1.82) is 0 Å². The molecule has 1 unspecified atom stereocenters. The Morgan fingerprint density at radius 1 is 1.39 bits per heavy atom. The number of hydrogen-bond donors (Lipinski definition) is 1. The van der Waals surface area contributed by atoms with Gasteiger partial charge in [0.25, 0.3) is 0 Å². The average molecular weight is 274 g/mol. The number of nitrogens with zero attached hydrogens (tertiary/aromatic N) is 1. The van der Waals surface area contributed by atoms with Crippen LogP contribution in [0.1, 0.15) is 24.9 Å². The third-order valence-electron chi connectivity index (χ3n) is 2.91. The van der Waals surface area contributed by atoms with Crippen LogP contribution >= 0.6 is 12.2 Å². The molecule has 1 aromatic carbocycles. The second kappa shape index (κ2) is 4.42. The molecule has 0 saturated carbocycles. The fraction of sp³-hybridized carbons (Fsp3) is 0.417. The molecule has 0 amide bonds. The first-order chi connectivity index (χ1) is 8.29. The van der Waals surface area contributed by atoms with Crippen molar-refractivity contribution in [3.63, 3.8) is 0 Å². The van der Waals surface area contributed by atoms with Gasteiger partial charge in [-0.25, -0.2) is 0 Å². The van der Waals surface area contributed by atoms with Gasteiger partial charge in [-0.05, 0) is 37.7 Å². The minimum Gasteiger partial charge on any atom is -0.331 e. The lowest BCUT2D eigenvalue weighted by Gasteiger charge is -2.17.